The van der Waals surface area contributed by atoms with E-state index in [1.807, 2.05) is 6.07 Å². The van der Waals surface area contributed by atoms with E-state index in [1.165, 1.54) is 12.1 Å². The Morgan fingerprint density at radius 3 is 2.00 bits per heavy atom. The Morgan fingerprint density at radius 1 is 0.839 bits per heavy atom. The summed E-state index contributed by atoms with van der Waals surface area (Å²) in [7, 11) is -4.81. The van der Waals surface area contributed by atoms with E-state index in [4.69, 9.17) is 14.8 Å². The van der Waals surface area contributed by atoms with Gasteiger partial charge in [0.05, 0.1) is 5.56 Å². The molecule has 1 unspecified atom stereocenters. The minimum absolute atomic E-state index is 0. The number of rotatable bonds is 7. The van der Waals surface area contributed by atoms with E-state index in [0.29, 0.717) is 5.56 Å². The van der Waals surface area contributed by atoms with Crippen molar-refractivity contribution >= 4 is 19.5 Å². The first-order chi connectivity index (χ1) is 14.1. The molecule has 3 rings (SSSR count). The second-order valence-electron chi connectivity index (χ2n) is 6.72. The summed E-state index contributed by atoms with van der Waals surface area (Å²) in [6.07, 6.45) is 0. The van der Waals surface area contributed by atoms with Gasteiger partial charge < -0.3 is 19.7 Å². The molecule has 2 N–H and O–H groups in total. The number of amides is 1. The van der Waals surface area contributed by atoms with Gasteiger partial charge in [-0.15, -0.1) is 0 Å². The van der Waals surface area contributed by atoms with Crippen LogP contribution in [0.2, 0.25) is 0 Å². The van der Waals surface area contributed by atoms with Gasteiger partial charge in [0, 0.05) is 11.1 Å². The predicted octanol–water partition coefficient (Wildman–Crippen LogP) is 0.564. The van der Waals surface area contributed by atoms with Crippen LogP contribution in [-0.2, 0) is 4.57 Å². The van der Waals surface area contributed by atoms with Crippen molar-refractivity contribution < 1.29 is 57.7 Å². The summed E-state index contributed by atoms with van der Waals surface area (Å²) in [5.41, 5.74) is 7.28. The molecule has 0 heterocycles. The van der Waals surface area contributed by atoms with Crippen LogP contribution in [0.4, 0.5) is 0 Å². The SMILES string of the molecule is Cc1cc(C)cc(OP(=O)([O-])Oc2ccc(C(=O)c3ccccc3)c(C(N)=O)c2)c1.[Na+]. The van der Waals surface area contributed by atoms with E-state index in [-0.39, 0.29) is 52.2 Å². The zero-order valence-electron chi connectivity index (χ0n) is 17.3. The van der Waals surface area contributed by atoms with Gasteiger partial charge in [0.2, 0.25) is 5.91 Å². The molecule has 0 aliphatic rings. The molecule has 154 valence electrons. The first-order valence-electron chi connectivity index (χ1n) is 8.97. The molecule has 0 radical (unpaired) electrons. The maximum Gasteiger partial charge on any atom is 1.00 e. The zero-order valence-corrected chi connectivity index (χ0v) is 20.2. The van der Waals surface area contributed by atoms with Crippen molar-refractivity contribution in [3.63, 3.8) is 0 Å². The van der Waals surface area contributed by atoms with Crippen molar-refractivity contribution in [2.24, 2.45) is 5.73 Å². The van der Waals surface area contributed by atoms with E-state index in [0.717, 1.165) is 17.2 Å². The van der Waals surface area contributed by atoms with Crippen LogP contribution in [0.5, 0.6) is 11.5 Å². The molecule has 3 aromatic carbocycles. The van der Waals surface area contributed by atoms with Gasteiger partial charge in [0.25, 0.3) is 0 Å². The van der Waals surface area contributed by atoms with Crippen LogP contribution in [0.25, 0.3) is 0 Å². The van der Waals surface area contributed by atoms with Crippen LogP contribution < -0.4 is 49.2 Å². The maximum absolute atomic E-state index is 12.7. The molecule has 31 heavy (non-hydrogen) atoms. The summed E-state index contributed by atoms with van der Waals surface area (Å²) in [5.74, 6) is -1.41. The van der Waals surface area contributed by atoms with Gasteiger partial charge in [-0.1, -0.05) is 36.4 Å². The summed E-state index contributed by atoms with van der Waals surface area (Å²) >= 11 is 0. The van der Waals surface area contributed by atoms with Crippen molar-refractivity contribution in [2.75, 3.05) is 0 Å². The van der Waals surface area contributed by atoms with Crippen LogP contribution in [0, 0.1) is 13.8 Å². The van der Waals surface area contributed by atoms with Crippen LogP contribution in [0.15, 0.2) is 66.7 Å². The summed E-state index contributed by atoms with van der Waals surface area (Å²) in [6.45, 7) is 3.61. The number of benzene rings is 3. The van der Waals surface area contributed by atoms with Crippen molar-refractivity contribution in [1.82, 2.24) is 0 Å². The standard InChI is InChI=1S/C22H20NO6P.Na/c1-14-10-15(2)12-18(11-14)29-30(26,27)28-17-8-9-19(20(13-17)22(23)25)21(24)16-6-4-3-5-7-16;/h3-13H,1-2H3,(H2,23,25)(H,26,27);/q;+1/p-1. The fraction of sp³-hybridized carbons (Fsp3) is 0.0909. The first-order valence-corrected chi connectivity index (χ1v) is 10.4. The Kier molecular flexibility index (Phi) is 8.23. The number of carbonyl (C=O) groups excluding carboxylic acids is 2. The fourth-order valence-corrected chi connectivity index (χ4v) is 3.76. The number of carbonyl (C=O) groups is 2. The number of phosphoric acid groups is 1. The molecule has 0 saturated heterocycles. The van der Waals surface area contributed by atoms with Crippen molar-refractivity contribution in [1.29, 1.82) is 0 Å². The third-order valence-corrected chi connectivity index (χ3v) is 5.04. The van der Waals surface area contributed by atoms with Gasteiger partial charge in [-0.05, 0) is 55.3 Å². The minimum Gasteiger partial charge on any atom is -0.736 e. The molecule has 0 aromatic heterocycles. The Hall–Kier alpha value is -2.41. The molecule has 9 heteroatoms. The number of nitrogens with two attached hydrogens (primary N) is 1. The number of primary amides is 1. The second-order valence-corrected chi connectivity index (χ2v) is 7.98. The number of ketones is 1. The average Bonchev–Trinajstić information content (AvgIpc) is 2.66. The first kappa shape index (κ1) is 24.9. The number of phosphoric ester groups is 1. The van der Waals surface area contributed by atoms with Crippen LogP contribution >= 0.6 is 7.82 Å². The second kappa shape index (κ2) is 10.3. The summed E-state index contributed by atoms with van der Waals surface area (Å²) < 4.78 is 22.3. The van der Waals surface area contributed by atoms with Crippen molar-refractivity contribution in [2.45, 2.75) is 13.8 Å². The van der Waals surface area contributed by atoms with E-state index < -0.39 is 19.5 Å². The Balaban J connectivity index is 0.00000341. The topological polar surface area (TPSA) is 119 Å². The van der Waals surface area contributed by atoms with Crippen molar-refractivity contribution in [3.8, 4) is 11.5 Å². The molecule has 0 spiro atoms. The quantitative estimate of drug-likeness (QED) is 0.321. The maximum atomic E-state index is 12.7. The van der Waals surface area contributed by atoms with Crippen molar-refractivity contribution in [3.05, 3.63) is 94.5 Å². The minimum atomic E-state index is -4.81. The Morgan fingerprint density at radius 2 is 1.42 bits per heavy atom. The van der Waals surface area contributed by atoms with Crippen LogP contribution in [-0.4, -0.2) is 11.7 Å². The largest absolute Gasteiger partial charge is 1.00 e. The summed E-state index contributed by atoms with van der Waals surface area (Å²) in [4.78, 5) is 36.9. The monoisotopic (exact) mass is 447 g/mol. The van der Waals surface area contributed by atoms with Gasteiger partial charge >= 0.3 is 37.4 Å². The number of aryl methyl sites for hydroxylation is 2. The van der Waals surface area contributed by atoms with Gasteiger partial charge in [0.1, 0.15) is 11.5 Å². The molecular formula is C22H19NNaO6P. The zero-order chi connectivity index (χ0) is 21.9. The number of hydrogen-bond donors (Lipinski definition) is 1. The molecule has 0 bridgehead atoms. The van der Waals surface area contributed by atoms with Gasteiger partial charge in [-0.2, -0.15) is 0 Å². The Bertz CT molecular complexity index is 1150. The smallest absolute Gasteiger partial charge is 0.736 e. The molecule has 0 fully saturated rings. The fourth-order valence-electron chi connectivity index (χ4n) is 2.99. The van der Waals surface area contributed by atoms with Gasteiger partial charge in [-0.25, -0.2) is 4.57 Å². The molecule has 0 aliphatic carbocycles. The molecule has 1 amide bonds. The van der Waals surface area contributed by atoms with Crippen LogP contribution in [0.1, 0.15) is 37.4 Å². The normalized spacial score (nSPS) is 12.2. The van der Waals surface area contributed by atoms with E-state index >= 15 is 0 Å². The Labute approximate surface area is 202 Å². The van der Waals surface area contributed by atoms with E-state index in [2.05, 4.69) is 0 Å². The molecule has 3 aromatic rings. The third-order valence-electron chi connectivity index (χ3n) is 4.17. The predicted molar refractivity (Wildman–Crippen MR) is 110 cm³/mol. The third kappa shape index (κ3) is 6.53. The average molecular weight is 447 g/mol. The molecular weight excluding hydrogens is 428 g/mol. The van der Waals surface area contributed by atoms with Gasteiger partial charge in [-0.3, -0.25) is 9.59 Å². The molecule has 0 aliphatic heterocycles. The summed E-state index contributed by atoms with van der Waals surface area (Å²) in [6, 6.07) is 17.0. The molecule has 7 nitrogen and oxygen atoms in total. The summed E-state index contributed by atoms with van der Waals surface area (Å²) in [5, 5.41) is 0. The van der Waals surface area contributed by atoms with Gasteiger partial charge in [0.15, 0.2) is 5.78 Å². The van der Waals surface area contributed by atoms with E-state index in [9.17, 15) is 19.0 Å². The van der Waals surface area contributed by atoms with Crippen LogP contribution in [0.3, 0.4) is 0 Å². The molecule has 0 saturated carbocycles. The van der Waals surface area contributed by atoms with E-state index in [1.54, 1.807) is 56.3 Å². The number of hydrogen-bond acceptors (Lipinski definition) is 6. The molecule has 1 atom stereocenters.